The van der Waals surface area contributed by atoms with Crippen LogP contribution >= 0.6 is 11.6 Å². The van der Waals surface area contributed by atoms with Gasteiger partial charge in [-0.25, -0.2) is 8.42 Å². The SMILES string of the molecule is CCCCCN(CCS(=O)(=O)N1CCNCC1)C(=O)c1cccc(Cl)c1. The van der Waals surface area contributed by atoms with Crippen molar-refractivity contribution in [3.05, 3.63) is 34.9 Å². The first kappa shape index (κ1) is 21.2. The molecule has 146 valence electrons. The molecule has 0 aliphatic carbocycles. The minimum atomic E-state index is -3.36. The van der Waals surface area contributed by atoms with Crippen molar-refractivity contribution in [1.29, 1.82) is 0 Å². The van der Waals surface area contributed by atoms with E-state index < -0.39 is 10.0 Å². The minimum Gasteiger partial charge on any atom is -0.338 e. The van der Waals surface area contributed by atoms with E-state index in [9.17, 15) is 13.2 Å². The third-order valence-electron chi connectivity index (χ3n) is 4.48. The molecule has 1 aliphatic rings. The summed E-state index contributed by atoms with van der Waals surface area (Å²) >= 11 is 5.99. The number of sulfonamides is 1. The molecule has 1 amide bonds. The topological polar surface area (TPSA) is 69.7 Å². The molecule has 0 spiro atoms. The second kappa shape index (κ2) is 10.3. The first-order valence-electron chi connectivity index (χ1n) is 9.17. The molecule has 1 aromatic rings. The molecule has 1 N–H and O–H groups in total. The molecule has 8 heteroatoms. The van der Waals surface area contributed by atoms with Crippen molar-refractivity contribution >= 4 is 27.5 Å². The third kappa shape index (κ3) is 6.23. The van der Waals surface area contributed by atoms with Crippen LogP contribution in [-0.2, 0) is 10.0 Å². The van der Waals surface area contributed by atoms with Gasteiger partial charge in [0.1, 0.15) is 0 Å². The number of hydrogen-bond acceptors (Lipinski definition) is 4. The minimum absolute atomic E-state index is 0.0502. The van der Waals surface area contributed by atoms with Crippen LogP contribution in [0.4, 0.5) is 0 Å². The van der Waals surface area contributed by atoms with Crippen LogP contribution < -0.4 is 5.32 Å². The Bertz CT molecular complexity index is 691. The lowest BCUT2D eigenvalue weighted by molar-refractivity contribution is 0.0762. The number of nitrogens with zero attached hydrogens (tertiary/aromatic N) is 2. The fourth-order valence-corrected chi connectivity index (χ4v) is 4.59. The monoisotopic (exact) mass is 401 g/mol. The van der Waals surface area contributed by atoms with E-state index in [1.807, 2.05) is 0 Å². The first-order chi connectivity index (χ1) is 12.4. The first-order valence-corrected chi connectivity index (χ1v) is 11.2. The molecule has 1 heterocycles. The fourth-order valence-electron chi connectivity index (χ4n) is 2.95. The molecule has 0 atom stereocenters. The number of halogens is 1. The Morgan fingerprint density at radius 2 is 1.96 bits per heavy atom. The summed E-state index contributed by atoms with van der Waals surface area (Å²) in [5.74, 6) is -0.218. The highest BCUT2D eigenvalue weighted by molar-refractivity contribution is 7.89. The van der Waals surface area contributed by atoms with Crippen LogP contribution in [0.5, 0.6) is 0 Å². The molecule has 6 nitrogen and oxygen atoms in total. The molecule has 1 aliphatic heterocycles. The second-order valence-corrected chi connectivity index (χ2v) is 9.00. The Balaban J connectivity index is 2.05. The number of unbranched alkanes of at least 4 members (excludes halogenated alkanes) is 2. The van der Waals surface area contributed by atoms with E-state index in [0.717, 1.165) is 19.3 Å². The zero-order chi connectivity index (χ0) is 19.0. The highest BCUT2D eigenvalue weighted by Gasteiger charge is 2.25. The molecule has 0 bridgehead atoms. The van der Waals surface area contributed by atoms with Gasteiger partial charge >= 0.3 is 0 Å². The van der Waals surface area contributed by atoms with E-state index in [4.69, 9.17) is 11.6 Å². The van der Waals surface area contributed by atoms with Gasteiger partial charge in [-0.2, -0.15) is 4.31 Å². The summed E-state index contributed by atoms with van der Waals surface area (Å²) in [6.07, 6.45) is 2.90. The third-order valence-corrected chi connectivity index (χ3v) is 6.56. The van der Waals surface area contributed by atoms with Gasteiger partial charge in [-0.05, 0) is 24.6 Å². The van der Waals surface area contributed by atoms with Crippen LogP contribution in [0.15, 0.2) is 24.3 Å². The summed E-state index contributed by atoms with van der Waals surface area (Å²) in [5.41, 5.74) is 0.494. The summed E-state index contributed by atoms with van der Waals surface area (Å²) in [4.78, 5) is 14.5. The average molecular weight is 402 g/mol. The average Bonchev–Trinajstić information content (AvgIpc) is 2.65. The predicted molar refractivity (Wildman–Crippen MR) is 105 cm³/mol. The highest BCUT2D eigenvalue weighted by Crippen LogP contribution is 2.14. The van der Waals surface area contributed by atoms with Crippen LogP contribution in [-0.4, -0.2) is 68.6 Å². The molecule has 1 fully saturated rings. The normalized spacial score (nSPS) is 15.8. The molecule has 26 heavy (non-hydrogen) atoms. The molecular weight excluding hydrogens is 374 g/mol. The molecule has 2 rings (SSSR count). The van der Waals surface area contributed by atoms with E-state index in [2.05, 4.69) is 12.2 Å². The molecule has 1 saturated heterocycles. The van der Waals surface area contributed by atoms with Crippen molar-refractivity contribution in [2.45, 2.75) is 26.2 Å². The molecule has 0 aromatic heterocycles. The molecule has 0 radical (unpaired) electrons. The highest BCUT2D eigenvalue weighted by atomic mass is 35.5. The number of carbonyl (C=O) groups is 1. The lowest BCUT2D eigenvalue weighted by Crippen LogP contribution is -2.48. The Kier molecular flexibility index (Phi) is 8.34. The predicted octanol–water partition coefficient (Wildman–Crippen LogP) is 2.21. The van der Waals surface area contributed by atoms with Crippen molar-refractivity contribution < 1.29 is 13.2 Å². The van der Waals surface area contributed by atoms with Gasteiger partial charge in [0.05, 0.1) is 5.75 Å². The van der Waals surface area contributed by atoms with Gasteiger partial charge in [0, 0.05) is 49.9 Å². The fraction of sp³-hybridized carbons (Fsp3) is 0.611. The zero-order valence-electron chi connectivity index (χ0n) is 15.3. The standard InChI is InChI=1S/C18H28ClN3O3S/c1-2-3-4-10-21(18(23)16-6-5-7-17(19)15-16)13-14-26(24,25)22-11-8-20-9-12-22/h5-7,15,20H,2-4,8-14H2,1H3. The molecule has 1 aromatic carbocycles. The Hall–Kier alpha value is -1.15. The number of carbonyl (C=O) groups excluding carboxylic acids is 1. The van der Waals surface area contributed by atoms with E-state index in [0.29, 0.717) is 43.3 Å². The van der Waals surface area contributed by atoms with Crippen LogP contribution in [0.25, 0.3) is 0 Å². The summed E-state index contributed by atoms with van der Waals surface area (Å²) in [6.45, 7) is 5.15. The zero-order valence-corrected chi connectivity index (χ0v) is 16.9. The Morgan fingerprint density at radius 1 is 1.23 bits per heavy atom. The van der Waals surface area contributed by atoms with Crippen LogP contribution in [0.3, 0.4) is 0 Å². The van der Waals surface area contributed by atoms with Crippen molar-refractivity contribution in [2.75, 3.05) is 45.0 Å². The van der Waals surface area contributed by atoms with E-state index in [1.54, 1.807) is 29.2 Å². The summed E-state index contributed by atoms with van der Waals surface area (Å²) in [5, 5.41) is 3.65. The lowest BCUT2D eigenvalue weighted by atomic mass is 10.2. The van der Waals surface area contributed by atoms with E-state index >= 15 is 0 Å². The summed E-state index contributed by atoms with van der Waals surface area (Å²) < 4.78 is 26.7. The maximum Gasteiger partial charge on any atom is 0.253 e. The van der Waals surface area contributed by atoms with Gasteiger partial charge in [0.15, 0.2) is 0 Å². The number of rotatable bonds is 9. The van der Waals surface area contributed by atoms with Gasteiger partial charge in [0.25, 0.3) is 5.91 Å². The van der Waals surface area contributed by atoms with E-state index in [-0.39, 0.29) is 18.2 Å². The smallest absolute Gasteiger partial charge is 0.253 e. The van der Waals surface area contributed by atoms with Crippen molar-refractivity contribution in [1.82, 2.24) is 14.5 Å². The van der Waals surface area contributed by atoms with Crippen LogP contribution in [0.1, 0.15) is 36.5 Å². The lowest BCUT2D eigenvalue weighted by Gasteiger charge is -2.28. The Morgan fingerprint density at radius 3 is 2.62 bits per heavy atom. The van der Waals surface area contributed by atoms with Crippen molar-refractivity contribution in [3.8, 4) is 0 Å². The largest absolute Gasteiger partial charge is 0.338 e. The van der Waals surface area contributed by atoms with Crippen molar-refractivity contribution in [2.24, 2.45) is 0 Å². The van der Waals surface area contributed by atoms with E-state index in [1.165, 1.54) is 4.31 Å². The number of benzene rings is 1. The maximum atomic E-state index is 12.8. The van der Waals surface area contributed by atoms with Gasteiger partial charge in [-0.15, -0.1) is 0 Å². The number of amides is 1. The number of hydrogen-bond donors (Lipinski definition) is 1. The number of piperazine rings is 1. The van der Waals surface area contributed by atoms with Gasteiger partial charge in [-0.1, -0.05) is 37.4 Å². The second-order valence-electron chi connectivity index (χ2n) is 6.47. The molecule has 0 saturated carbocycles. The molecular formula is C18H28ClN3O3S. The molecule has 0 unspecified atom stereocenters. The van der Waals surface area contributed by atoms with Crippen LogP contribution in [0.2, 0.25) is 5.02 Å². The summed E-state index contributed by atoms with van der Waals surface area (Å²) in [7, 11) is -3.36. The summed E-state index contributed by atoms with van der Waals surface area (Å²) in [6, 6.07) is 6.79. The van der Waals surface area contributed by atoms with Crippen molar-refractivity contribution in [3.63, 3.8) is 0 Å². The quantitative estimate of drug-likeness (QED) is 0.644. The number of nitrogens with one attached hydrogen (secondary N) is 1. The van der Waals surface area contributed by atoms with Gasteiger partial charge < -0.3 is 10.2 Å². The maximum absolute atomic E-state index is 12.8. The Labute approximate surface area is 161 Å². The van der Waals surface area contributed by atoms with Gasteiger partial charge in [-0.3, -0.25) is 4.79 Å². The van der Waals surface area contributed by atoms with Gasteiger partial charge in [0.2, 0.25) is 10.0 Å². The van der Waals surface area contributed by atoms with Crippen LogP contribution in [0, 0.1) is 0 Å².